The Hall–Kier alpha value is -1.14. The summed E-state index contributed by atoms with van der Waals surface area (Å²) in [5.74, 6) is 0.362. The van der Waals surface area contributed by atoms with E-state index in [0.29, 0.717) is 24.2 Å². The first-order chi connectivity index (χ1) is 16.1. The van der Waals surface area contributed by atoms with Gasteiger partial charge in [0.15, 0.2) is 0 Å². The Bertz CT molecular complexity index is 686. The number of carboxylic acid groups (broad SMARTS) is 1. The fraction of sp³-hybridized carbons (Fsp3) is 0.926. The van der Waals surface area contributed by atoms with E-state index in [9.17, 15) is 14.7 Å². The molecular formula is C27H45N3O3. The van der Waals surface area contributed by atoms with E-state index in [1.165, 1.54) is 38.5 Å². The number of carbonyl (C=O) groups is 2. The molecule has 186 valence electrons. The minimum absolute atomic E-state index is 0.00896. The van der Waals surface area contributed by atoms with Crippen LogP contribution in [0, 0.1) is 29.6 Å². The van der Waals surface area contributed by atoms with Crippen molar-refractivity contribution in [2.75, 3.05) is 0 Å². The van der Waals surface area contributed by atoms with E-state index in [2.05, 4.69) is 16.0 Å². The van der Waals surface area contributed by atoms with Crippen LogP contribution < -0.4 is 16.0 Å². The fourth-order valence-electron chi connectivity index (χ4n) is 8.26. The lowest BCUT2D eigenvalue weighted by molar-refractivity contribution is -0.148. The van der Waals surface area contributed by atoms with Crippen molar-refractivity contribution in [1.82, 2.24) is 16.0 Å². The van der Waals surface area contributed by atoms with Crippen LogP contribution in [0.15, 0.2) is 0 Å². The predicted molar refractivity (Wildman–Crippen MR) is 129 cm³/mol. The summed E-state index contributed by atoms with van der Waals surface area (Å²) in [6.07, 6.45) is 18.4. The molecule has 0 spiro atoms. The highest BCUT2D eigenvalue weighted by molar-refractivity contribution is 5.79. The van der Waals surface area contributed by atoms with Crippen LogP contribution in [0.1, 0.15) is 103 Å². The number of amides is 1. The molecule has 5 aliphatic rings. The monoisotopic (exact) mass is 459 g/mol. The zero-order valence-corrected chi connectivity index (χ0v) is 20.3. The van der Waals surface area contributed by atoms with Gasteiger partial charge in [-0.25, -0.2) is 0 Å². The molecule has 33 heavy (non-hydrogen) atoms. The quantitative estimate of drug-likeness (QED) is 0.495. The average Bonchev–Trinajstić information content (AvgIpc) is 3.29. The van der Waals surface area contributed by atoms with Crippen molar-refractivity contribution in [1.29, 1.82) is 0 Å². The lowest BCUT2D eigenvalue weighted by Gasteiger charge is -2.42. The first kappa shape index (κ1) is 23.6. The molecule has 1 saturated heterocycles. The van der Waals surface area contributed by atoms with Crippen molar-refractivity contribution in [3.63, 3.8) is 0 Å². The van der Waals surface area contributed by atoms with Gasteiger partial charge in [0.2, 0.25) is 5.91 Å². The van der Waals surface area contributed by atoms with Crippen LogP contribution >= 0.6 is 0 Å². The van der Waals surface area contributed by atoms with Gasteiger partial charge >= 0.3 is 5.97 Å². The number of fused-ring (bicyclic) bond motifs is 1. The van der Waals surface area contributed by atoms with Gasteiger partial charge in [0.05, 0.1) is 12.1 Å². The molecule has 1 heterocycles. The second-order valence-electron chi connectivity index (χ2n) is 11.9. The number of hydrogen-bond acceptors (Lipinski definition) is 4. The number of nitrogens with one attached hydrogen (secondary N) is 3. The predicted octanol–water partition coefficient (Wildman–Crippen LogP) is 4.19. The van der Waals surface area contributed by atoms with Crippen LogP contribution in [0.2, 0.25) is 0 Å². The Morgan fingerprint density at radius 1 is 0.667 bits per heavy atom. The van der Waals surface area contributed by atoms with Crippen LogP contribution in [-0.2, 0) is 9.59 Å². The number of aliphatic carboxylic acids is 1. The maximum atomic E-state index is 13.5. The fourth-order valence-corrected chi connectivity index (χ4v) is 8.26. The molecule has 6 heteroatoms. The van der Waals surface area contributed by atoms with Crippen LogP contribution in [0.5, 0.6) is 0 Å². The number of carboxylic acids is 1. The highest BCUT2D eigenvalue weighted by Gasteiger charge is 2.44. The Kier molecular flexibility index (Phi) is 7.61. The van der Waals surface area contributed by atoms with E-state index in [-0.39, 0.29) is 35.6 Å². The largest absolute Gasteiger partial charge is 0.481 e. The number of carbonyl (C=O) groups excluding carboxylic acids is 1. The minimum atomic E-state index is -0.642. The molecule has 1 amide bonds. The van der Waals surface area contributed by atoms with Gasteiger partial charge in [0.1, 0.15) is 0 Å². The molecule has 0 bridgehead atoms. The topological polar surface area (TPSA) is 90.5 Å². The molecule has 4 saturated carbocycles. The third-order valence-electron chi connectivity index (χ3n) is 9.93. The van der Waals surface area contributed by atoms with Crippen LogP contribution in [0.25, 0.3) is 0 Å². The van der Waals surface area contributed by atoms with E-state index in [1.807, 2.05) is 0 Å². The smallest absolute Gasteiger partial charge is 0.306 e. The zero-order chi connectivity index (χ0) is 22.8. The second kappa shape index (κ2) is 10.6. The average molecular weight is 460 g/mol. The van der Waals surface area contributed by atoms with Crippen LogP contribution in [-0.4, -0.2) is 41.3 Å². The zero-order valence-electron chi connectivity index (χ0n) is 20.3. The molecule has 0 aromatic carbocycles. The van der Waals surface area contributed by atoms with Crippen LogP contribution in [0.3, 0.4) is 0 Å². The van der Waals surface area contributed by atoms with Gasteiger partial charge < -0.3 is 10.4 Å². The van der Waals surface area contributed by atoms with Crippen molar-refractivity contribution in [3.8, 4) is 0 Å². The Labute approximate surface area is 199 Å². The maximum absolute atomic E-state index is 13.5. The van der Waals surface area contributed by atoms with Gasteiger partial charge in [-0.2, -0.15) is 0 Å². The Morgan fingerprint density at radius 3 is 1.91 bits per heavy atom. The summed E-state index contributed by atoms with van der Waals surface area (Å²) in [7, 11) is 0. The molecule has 8 atom stereocenters. The third kappa shape index (κ3) is 5.27. The van der Waals surface area contributed by atoms with Crippen molar-refractivity contribution in [3.05, 3.63) is 0 Å². The van der Waals surface area contributed by atoms with Gasteiger partial charge in [0, 0.05) is 24.0 Å². The maximum Gasteiger partial charge on any atom is 0.306 e. The standard InChI is InChI=1S/C27H45N3O3/c31-26(21-12-3-1-10-19(21)20-11-2-4-13-22(20)27(32)33)28-18-9-7-8-17(16-18)25-29-23-14-5-6-15-24(23)30-25/h17-25,29-30H,1-16H2,(H,28,31)(H,32,33). The molecule has 1 aliphatic heterocycles. The summed E-state index contributed by atoms with van der Waals surface area (Å²) in [5, 5.41) is 21.1. The summed E-state index contributed by atoms with van der Waals surface area (Å²) < 4.78 is 0. The molecule has 5 rings (SSSR count). The van der Waals surface area contributed by atoms with E-state index in [4.69, 9.17) is 0 Å². The third-order valence-corrected chi connectivity index (χ3v) is 9.93. The van der Waals surface area contributed by atoms with E-state index in [0.717, 1.165) is 64.2 Å². The van der Waals surface area contributed by atoms with E-state index < -0.39 is 5.97 Å². The molecule has 4 aliphatic carbocycles. The molecule has 0 radical (unpaired) electrons. The first-order valence-corrected chi connectivity index (χ1v) is 14.2. The van der Waals surface area contributed by atoms with E-state index >= 15 is 0 Å². The Balaban J connectivity index is 1.19. The Morgan fingerprint density at radius 2 is 1.24 bits per heavy atom. The highest BCUT2D eigenvalue weighted by atomic mass is 16.4. The lowest BCUT2D eigenvalue weighted by Crippen LogP contribution is -2.49. The molecule has 8 unspecified atom stereocenters. The summed E-state index contributed by atoms with van der Waals surface area (Å²) in [6, 6.07) is 1.55. The number of rotatable bonds is 5. The number of hydrogen-bond donors (Lipinski definition) is 4. The SMILES string of the molecule is O=C(O)C1CCCCC1C1CCCCC1C(=O)NC1CCCC(C2NC3CCCCC3N2)C1. The van der Waals surface area contributed by atoms with Crippen molar-refractivity contribution < 1.29 is 14.7 Å². The van der Waals surface area contributed by atoms with Crippen molar-refractivity contribution >= 4 is 11.9 Å². The lowest BCUT2D eigenvalue weighted by atomic mass is 9.63. The first-order valence-electron chi connectivity index (χ1n) is 14.2. The molecule has 0 aromatic heterocycles. The second-order valence-corrected chi connectivity index (χ2v) is 11.9. The van der Waals surface area contributed by atoms with Gasteiger partial charge in [-0.05, 0) is 75.5 Å². The van der Waals surface area contributed by atoms with Crippen molar-refractivity contribution in [2.45, 2.75) is 127 Å². The van der Waals surface area contributed by atoms with Gasteiger partial charge in [0.25, 0.3) is 0 Å². The summed E-state index contributed by atoms with van der Waals surface area (Å²) in [6.45, 7) is 0. The summed E-state index contributed by atoms with van der Waals surface area (Å²) >= 11 is 0. The minimum Gasteiger partial charge on any atom is -0.481 e. The summed E-state index contributed by atoms with van der Waals surface area (Å²) in [5.41, 5.74) is 0. The molecule has 0 aromatic rings. The molecule has 6 nitrogen and oxygen atoms in total. The van der Waals surface area contributed by atoms with Crippen molar-refractivity contribution in [2.24, 2.45) is 29.6 Å². The van der Waals surface area contributed by atoms with Crippen LogP contribution in [0.4, 0.5) is 0 Å². The van der Waals surface area contributed by atoms with Gasteiger partial charge in [-0.1, -0.05) is 44.9 Å². The molecular weight excluding hydrogens is 414 g/mol. The molecule has 5 fully saturated rings. The molecule has 4 N–H and O–H groups in total. The van der Waals surface area contributed by atoms with Gasteiger partial charge in [-0.15, -0.1) is 0 Å². The van der Waals surface area contributed by atoms with Gasteiger partial charge in [-0.3, -0.25) is 20.2 Å². The normalized spacial score (nSPS) is 44.1. The highest BCUT2D eigenvalue weighted by Crippen LogP contribution is 2.44. The summed E-state index contributed by atoms with van der Waals surface area (Å²) in [4.78, 5) is 25.5. The van der Waals surface area contributed by atoms with E-state index in [1.54, 1.807) is 0 Å².